The van der Waals surface area contributed by atoms with Crippen LogP contribution in [0.3, 0.4) is 0 Å². The van der Waals surface area contributed by atoms with Crippen LogP contribution < -0.4 is 10.5 Å². The minimum atomic E-state index is -3.83. The number of aromatic amines is 1. The summed E-state index contributed by atoms with van der Waals surface area (Å²) in [5.41, 5.74) is 2.77. The van der Waals surface area contributed by atoms with E-state index in [0.29, 0.717) is 11.3 Å². The van der Waals surface area contributed by atoms with E-state index in [1.54, 1.807) is 25.3 Å². The Kier molecular flexibility index (Phi) is 4.13. The van der Waals surface area contributed by atoms with Crippen molar-refractivity contribution in [2.24, 2.45) is 5.14 Å². The first kappa shape index (κ1) is 16.2. The number of H-pyrrole nitrogens is 1. The maximum absolute atomic E-state index is 12.3. The lowest BCUT2D eigenvalue weighted by Gasteiger charge is -2.09. The normalized spacial score (nSPS) is 11.6. The molecule has 2 aromatic carbocycles. The van der Waals surface area contributed by atoms with E-state index in [4.69, 9.17) is 5.14 Å². The van der Waals surface area contributed by atoms with Crippen LogP contribution in [0.1, 0.15) is 11.1 Å². The second-order valence-corrected chi connectivity index (χ2v) is 7.14. The second-order valence-electron chi connectivity index (χ2n) is 5.61. The SMILES string of the molecule is Cc1ccc(NC(=O)Cc2c[nH]c3ccccc23)cc1S(N)(=O)=O. The lowest BCUT2D eigenvalue weighted by atomic mass is 10.1. The molecule has 0 aliphatic heterocycles. The summed E-state index contributed by atoms with van der Waals surface area (Å²) in [6, 6.07) is 12.4. The van der Waals surface area contributed by atoms with Crippen LogP contribution in [-0.2, 0) is 21.2 Å². The number of carbonyl (C=O) groups excluding carboxylic acids is 1. The number of fused-ring (bicyclic) bond motifs is 1. The van der Waals surface area contributed by atoms with Gasteiger partial charge in [0, 0.05) is 22.8 Å². The third-order valence-corrected chi connectivity index (χ3v) is 4.86. The third-order valence-electron chi connectivity index (χ3n) is 3.80. The van der Waals surface area contributed by atoms with Crippen molar-refractivity contribution in [3.63, 3.8) is 0 Å². The van der Waals surface area contributed by atoms with Gasteiger partial charge in [-0.15, -0.1) is 0 Å². The summed E-state index contributed by atoms with van der Waals surface area (Å²) in [6.07, 6.45) is 1.98. The molecule has 0 radical (unpaired) electrons. The molecular formula is C17H17N3O3S. The maximum atomic E-state index is 12.3. The Bertz CT molecular complexity index is 1020. The summed E-state index contributed by atoms with van der Waals surface area (Å²) < 4.78 is 23.1. The molecule has 1 aromatic heterocycles. The lowest BCUT2D eigenvalue weighted by molar-refractivity contribution is -0.115. The molecule has 0 aliphatic rings. The van der Waals surface area contributed by atoms with Crippen molar-refractivity contribution in [2.45, 2.75) is 18.2 Å². The Hall–Kier alpha value is -2.64. The van der Waals surface area contributed by atoms with E-state index >= 15 is 0 Å². The van der Waals surface area contributed by atoms with Gasteiger partial charge in [0.1, 0.15) is 0 Å². The highest BCUT2D eigenvalue weighted by Gasteiger charge is 2.14. The van der Waals surface area contributed by atoms with Crippen LogP contribution in [0.2, 0.25) is 0 Å². The van der Waals surface area contributed by atoms with Crippen molar-refractivity contribution >= 4 is 32.5 Å². The molecule has 0 bridgehead atoms. The number of aryl methyl sites for hydroxylation is 1. The van der Waals surface area contributed by atoms with Crippen molar-refractivity contribution in [3.8, 4) is 0 Å². The van der Waals surface area contributed by atoms with E-state index in [0.717, 1.165) is 16.5 Å². The number of para-hydroxylation sites is 1. The van der Waals surface area contributed by atoms with Gasteiger partial charge in [-0.3, -0.25) is 4.79 Å². The van der Waals surface area contributed by atoms with Crippen molar-refractivity contribution in [2.75, 3.05) is 5.32 Å². The van der Waals surface area contributed by atoms with Gasteiger partial charge in [0.15, 0.2) is 0 Å². The number of anilines is 1. The predicted octanol–water partition coefficient (Wildman–Crippen LogP) is 2.30. The van der Waals surface area contributed by atoms with Gasteiger partial charge in [0.2, 0.25) is 15.9 Å². The first-order valence-electron chi connectivity index (χ1n) is 7.33. The molecule has 3 rings (SSSR count). The third kappa shape index (κ3) is 3.32. The molecule has 0 spiro atoms. The van der Waals surface area contributed by atoms with Gasteiger partial charge < -0.3 is 10.3 Å². The van der Waals surface area contributed by atoms with Crippen LogP contribution in [0.4, 0.5) is 5.69 Å². The lowest BCUT2D eigenvalue weighted by Crippen LogP contribution is -2.17. The number of sulfonamides is 1. The molecule has 0 fully saturated rings. The molecule has 0 atom stereocenters. The van der Waals surface area contributed by atoms with Crippen LogP contribution in [-0.4, -0.2) is 19.3 Å². The molecule has 1 heterocycles. The minimum absolute atomic E-state index is 0.00685. The number of nitrogens with one attached hydrogen (secondary N) is 2. The van der Waals surface area contributed by atoms with Crippen LogP contribution >= 0.6 is 0 Å². The highest BCUT2D eigenvalue weighted by Crippen LogP contribution is 2.21. The average molecular weight is 343 g/mol. The molecule has 0 aliphatic carbocycles. The number of primary sulfonamides is 1. The predicted molar refractivity (Wildman–Crippen MR) is 93.2 cm³/mol. The van der Waals surface area contributed by atoms with Crippen molar-refractivity contribution < 1.29 is 13.2 Å². The van der Waals surface area contributed by atoms with E-state index < -0.39 is 10.0 Å². The standard InChI is InChI=1S/C17H17N3O3S/c1-11-6-7-13(9-16(11)24(18,22)23)20-17(21)8-12-10-19-15-5-3-2-4-14(12)15/h2-7,9-10,19H,8H2,1H3,(H,20,21)(H2,18,22,23). The molecule has 0 unspecified atom stereocenters. The molecule has 124 valence electrons. The summed E-state index contributed by atoms with van der Waals surface area (Å²) in [5.74, 6) is -0.232. The quantitative estimate of drug-likeness (QED) is 0.677. The summed E-state index contributed by atoms with van der Waals surface area (Å²) >= 11 is 0. The largest absolute Gasteiger partial charge is 0.361 e. The van der Waals surface area contributed by atoms with Crippen molar-refractivity contribution in [1.29, 1.82) is 0 Å². The molecule has 3 aromatic rings. The summed E-state index contributed by atoms with van der Waals surface area (Å²) in [7, 11) is -3.83. The van der Waals surface area contributed by atoms with Crippen LogP contribution in [0, 0.1) is 6.92 Å². The number of nitrogens with two attached hydrogens (primary N) is 1. The number of carbonyl (C=O) groups is 1. The maximum Gasteiger partial charge on any atom is 0.238 e. The zero-order valence-corrected chi connectivity index (χ0v) is 13.9. The number of hydrogen-bond donors (Lipinski definition) is 3. The van der Waals surface area contributed by atoms with Gasteiger partial charge in [0.05, 0.1) is 11.3 Å². The number of rotatable bonds is 4. The molecule has 4 N–H and O–H groups in total. The van der Waals surface area contributed by atoms with Gasteiger partial charge >= 0.3 is 0 Å². The minimum Gasteiger partial charge on any atom is -0.361 e. The Morgan fingerprint density at radius 3 is 2.71 bits per heavy atom. The van der Waals surface area contributed by atoms with E-state index in [-0.39, 0.29) is 17.2 Å². The molecule has 0 saturated heterocycles. The fourth-order valence-electron chi connectivity index (χ4n) is 2.64. The van der Waals surface area contributed by atoms with E-state index in [9.17, 15) is 13.2 Å². The highest BCUT2D eigenvalue weighted by atomic mass is 32.2. The van der Waals surface area contributed by atoms with Crippen molar-refractivity contribution in [1.82, 2.24) is 4.98 Å². The monoisotopic (exact) mass is 343 g/mol. The fraction of sp³-hybridized carbons (Fsp3) is 0.118. The van der Waals surface area contributed by atoms with Gasteiger partial charge in [-0.1, -0.05) is 24.3 Å². The van der Waals surface area contributed by atoms with Gasteiger partial charge in [-0.05, 0) is 36.2 Å². The zero-order valence-electron chi connectivity index (χ0n) is 13.0. The van der Waals surface area contributed by atoms with Crippen LogP contribution in [0.25, 0.3) is 10.9 Å². The number of amides is 1. The number of hydrogen-bond acceptors (Lipinski definition) is 3. The topological polar surface area (TPSA) is 105 Å². The first-order chi connectivity index (χ1) is 11.3. The van der Waals surface area contributed by atoms with Gasteiger partial charge in [0.25, 0.3) is 0 Å². The Morgan fingerprint density at radius 2 is 1.96 bits per heavy atom. The summed E-state index contributed by atoms with van der Waals surface area (Å²) in [4.78, 5) is 15.4. The van der Waals surface area contributed by atoms with E-state index in [2.05, 4.69) is 10.3 Å². The van der Waals surface area contributed by atoms with Crippen LogP contribution in [0.15, 0.2) is 53.6 Å². The smallest absolute Gasteiger partial charge is 0.238 e. The summed E-state index contributed by atoms with van der Waals surface area (Å²) in [6.45, 7) is 1.65. The average Bonchev–Trinajstić information content (AvgIpc) is 2.91. The Balaban J connectivity index is 1.80. The first-order valence-corrected chi connectivity index (χ1v) is 8.87. The molecule has 0 saturated carbocycles. The van der Waals surface area contributed by atoms with Gasteiger partial charge in [-0.25, -0.2) is 13.6 Å². The fourth-order valence-corrected chi connectivity index (χ4v) is 3.45. The Labute approximate surface area is 139 Å². The molecule has 6 nitrogen and oxygen atoms in total. The van der Waals surface area contributed by atoms with E-state index in [1.807, 2.05) is 24.3 Å². The molecule has 24 heavy (non-hydrogen) atoms. The van der Waals surface area contributed by atoms with E-state index in [1.165, 1.54) is 6.07 Å². The number of benzene rings is 2. The summed E-state index contributed by atoms with van der Waals surface area (Å²) in [5, 5.41) is 8.88. The molecule has 1 amide bonds. The molecular weight excluding hydrogens is 326 g/mol. The Morgan fingerprint density at radius 1 is 1.21 bits per heavy atom. The van der Waals surface area contributed by atoms with Crippen molar-refractivity contribution in [3.05, 3.63) is 59.8 Å². The van der Waals surface area contributed by atoms with Crippen LogP contribution in [0.5, 0.6) is 0 Å². The zero-order chi connectivity index (χ0) is 17.3. The highest BCUT2D eigenvalue weighted by molar-refractivity contribution is 7.89. The number of aromatic nitrogens is 1. The molecule has 7 heteroatoms. The van der Waals surface area contributed by atoms with Gasteiger partial charge in [-0.2, -0.15) is 0 Å². The second kappa shape index (κ2) is 6.10.